The van der Waals surface area contributed by atoms with Gasteiger partial charge >= 0.3 is 0 Å². The van der Waals surface area contributed by atoms with E-state index in [1.54, 1.807) is 7.11 Å². The first-order valence-corrected chi connectivity index (χ1v) is 7.94. The van der Waals surface area contributed by atoms with Crippen molar-refractivity contribution in [2.45, 2.75) is 38.5 Å². The van der Waals surface area contributed by atoms with Crippen LogP contribution in [-0.4, -0.2) is 12.1 Å². The molecule has 3 rings (SSSR count). The van der Waals surface area contributed by atoms with E-state index in [9.17, 15) is 0 Å². The minimum atomic E-state index is 0.540. The topological polar surface area (TPSA) is 22.1 Å². The Morgan fingerprint density at radius 1 is 1.14 bits per heavy atom. The van der Waals surface area contributed by atoms with Crippen LogP contribution in [0.25, 0.3) is 5.57 Å². The van der Waals surface area contributed by atoms with Crippen LogP contribution in [0.3, 0.4) is 0 Å². The predicted molar refractivity (Wildman–Crippen MR) is 91.4 cm³/mol. The number of pyridine rings is 1. The summed E-state index contributed by atoms with van der Waals surface area (Å²) >= 11 is 0. The zero-order chi connectivity index (χ0) is 15.7. The van der Waals surface area contributed by atoms with Gasteiger partial charge in [0.05, 0.1) is 12.8 Å². The molecule has 0 spiro atoms. The number of hydrogen-bond acceptors (Lipinski definition) is 2. The standard InChI is InChI=1S/C20H23NO/c1-13(2)15-5-7-16(8-6-15)14(3)19-12-11-18(17-9-10-17)20(21-19)22-4/h5-8,11-13,17H,3,9-10H2,1-2,4H3. The molecule has 0 unspecified atom stereocenters. The third kappa shape index (κ3) is 2.92. The smallest absolute Gasteiger partial charge is 0.217 e. The molecule has 0 saturated heterocycles. The molecule has 1 heterocycles. The number of aromatic nitrogens is 1. The number of nitrogens with zero attached hydrogens (tertiary/aromatic N) is 1. The van der Waals surface area contributed by atoms with Crippen molar-refractivity contribution in [3.05, 3.63) is 65.4 Å². The molecule has 1 aliphatic carbocycles. The largest absolute Gasteiger partial charge is 0.481 e. The molecule has 1 aliphatic rings. The average molecular weight is 293 g/mol. The number of rotatable bonds is 5. The first-order valence-electron chi connectivity index (χ1n) is 7.94. The zero-order valence-corrected chi connectivity index (χ0v) is 13.6. The van der Waals surface area contributed by atoms with Gasteiger partial charge in [-0.2, -0.15) is 0 Å². The fourth-order valence-electron chi connectivity index (χ4n) is 2.70. The number of ether oxygens (including phenoxy) is 1. The van der Waals surface area contributed by atoms with Gasteiger partial charge < -0.3 is 4.74 Å². The van der Waals surface area contributed by atoms with E-state index < -0.39 is 0 Å². The van der Waals surface area contributed by atoms with Crippen molar-refractivity contribution < 1.29 is 4.74 Å². The number of benzene rings is 1. The average Bonchev–Trinajstić information content (AvgIpc) is 3.38. The van der Waals surface area contributed by atoms with Crippen molar-refractivity contribution in [3.63, 3.8) is 0 Å². The van der Waals surface area contributed by atoms with Crippen molar-refractivity contribution in [2.24, 2.45) is 0 Å². The van der Waals surface area contributed by atoms with Gasteiger partial charge in [-0.3, -0.25) is 0 Å². The lowest BCUT2D eigenvalue weighted by atomic mass is 9.97. The van der Waals surface area contributed by atoms with Crippen molar-refractivity contribution in [1.82, 2.24) is 4.98 Å². The Labute approximate surface area is 132 Å². The molecule has 2 nitrogen and oxygen atoms in total. The van der Waals surface area contributed by atoms with Gasteiger partial charge in [0.2, 0.25) is 5.88 Å². The van der Waals surface area contributed by atoms with Crippen molar-refractivity contribution in [3.8, 4) is 5.88 Å². The van der Waals surface area contributed by atoms with Crippen molar-refractivity contribution >= 4 is 5.57 Å². The highest BCUT2D eigenvalue weighted by Gasteiger charge is 2.27. The van der Waals surface area contributed by atoms with E-state index in [1.165, 1.54) is 24.0 Å². The molecular weight excluding hydrogens is 270 g/mol. The summed E-state index contributed by atoms with van der Waals surface area (Å²) in [5.41, 5.74) is 5.51. The number of methoxy groups -OCH3 is 1. The third-order valence-electron chi connectivity index (χ3n) is 4.34. The zero-order valence-electron chi connectivity index (χ0n) is 13.6. The van der Waals surface area contributed by atoms with Gasteiger partial charge in [-0.05, 0) is 41.9 Å². The molecule has 1 saturated carbocycles. The van der Waals surface area contributed by atoms with Crippen LogP contribution in [0.4, 0.5) is 0 Å². The normalized spacial score (nSPS) is 14.2. The molecule has 2 aromatic rings. The molecule has 1 aromatic carbocycles. The molecule has 0 amide bonds. The minimum absolute atomic E-state index is 0.540. The molecule has 114 valence electrons. The highest BCUT2D eigenvalue weighted by atomic mass is 16.5. The van der Waals surface area contributed by atoms with Crippen molar-refractivity contribution in [1.29, 1.82) is 0 Å². The van der Waals surface area contributed by atoms with E-state index in [-0.39, 0.29) is 0 Å². The quantitative estimate of drug-likeness (QED) is 0.760. The molecule has 0 radical (unpaired) electrons. The lowest BCUT2D eigenvalue weighted by Crippen LogP contribution is -1.98. The Morgan fingerprint density at radius 2 is 1.82 bits per heavy atom. The van der Waals surface area contributed by atoms with E-state index in [1.807, 2.05) is 0 Å². The maximum absolute atomic E-state index is 5.47. The summed E-state index contributed by atoms with van der Waals surface area (Å²) in [5, 5.41) is 0. The third-order valence-corrected chi connectivity index (χ3v) is 4.34. The molecule has 1 fully saturated rings. The molecule has 0 N–H and O–H groups in total. The van der Waals surface area contributed by atoms with Crippen LogP contribution in [0.2, 0.25) is 0 Å². The summed E-state index contributed by atoms with van der Waals surface area (Å²) in [6, 6.07) is 12.8. The minimum Gasteiger partial charge on any atom is -0.481 e. The highest BCUT2D eigenvalue weighted by molar-refractivity contribution is 5.76. The van der Waals surface area contributed by atoms with Crippen LogP contribution >= 0.6 is 0 Å². The van der Waals surface area contributed by atoms with Crippen LogP contribution in [0, 0.1) is 0 Å². The summed E-state index contributed by atoms with van der Waals surface area (Å²) in [7, 11) is 1.69. The summed E-state index contributed by atoms with van der Waals surface area (Å²) in [6.07, 6.45) is 2.49. The fraction of sp³-hybridized carbons (Fsp3) is 0.350. The Bertz CT molecular complexity index is 681. The van der Waals surface area contributed by atoms with Crippen LogP contribution < -0.4 is 4.74 Å². The van der Waals surface area contributed by atoms with Crippen LogP contribution in [0.1, 0.15) is 60.9 Å². The maximum Gasteiger partial charge on any atom is 0.217 e. The molecule has 1 aromatic heterocycles. The molecule has 0 aliphatic heterocycles. The van der Waals surface area contributed by atoms with Gasteiger partial charge in [-0.25, -0.2) is 4.98 Å². The Morgan fingerprint density at radius 3 is 2.36 bits per heavy atom. The first kappa shape index (κ1) is 14.8. The molecule has 0 bridgehead atoms. The molecule has 2 heteroatoms. The molecule has 0 atom stereocenters. The Kier molecular flexibility index (Phi) is 4.02. The van der Waals surface area contributed by atoms with Crippen molar-refractivity contribution in [2.75, 3.05) is 7.11 Å². The van der Waals surface area contributed by atoms with E-state index in [0.29, 0.717) is 11.8 Å². The van der Waals surface area contributed by atoms with Crippen LogP contribution in [-0.2, 0) is 0 Å². The second-order valence-electron chi connectivity index (χ2n) is 6.32. The predicted octanol–water partition coefficient (Wildman–Crippen LogP) is 5.15. The SMILES string of the molecule is C=C(c1ccc(C(C)C)cc1)c1ccc(C2CC2)c(OC)n1. The Hall–Kier alpha value is -2.09. The van der Waals surface area contributed by atoms with Gasteiger partial charge in [0.15, 0.2) is 0 Å². The number of hydrogen-bond donors (Lipinski definition) is 0. The van der Waals surface area contributed by atoms with Crippen LogP contribution in [0.15, 0.2) is 43.0 Å². The summed E-state index contributed by atoms with van der Waals surface area (Å²) in [6.45, 7) is 8.62. The highest BCUT2D eigenvalue weighted by Crippen LogP contribution is 2.44. The van der Waals surface area contributed by atoms with Gasteiger partial charge in [0.25, 0.3) is 0 Å². The van der Waals surface area contributed by atoms with Gasteiger partial charge in [0, 0.05) is 11.1 Å². The van der Waals surface area contributed by atoms with Gasteiger partial charge in [-0.1, -0.05) is 50.8 Å². The first-order chi connectivity index (χ1) is 10.6. The van der Waals surface area contributed by atoms with E-state index in [2.05, 4.69) is 61.8 Å². The Balaban J connectivity index is 1.88. The summed E-state index contributed by atoms with van der Waals surface area (Å²) < 4.78 is 5.47. The monoisotopic (exact) mass is 293 g/mol. The second-order valence-corrected chi connectivity index (χ2v) is 6.32. The van der Waals surface area contributed by atoms with E-state index in [4.69, 9.17) is 4.74 Å². The van der Waals surface area contributed by atoms with E-state index >= 15 is 0 Å². The fourth-order valence-corrected chi connectivity index (χ4v) is 2.70. The van der Waals surface area contributed by atoms with Gasteiger partial charge in [0.1, 0.15) is 0 Å². The lowest BCUT2D eigenvalue weighted by molar-refractivity contribution is 0.392. The molecular formula is C20H23NO. The summed E-state index contributed by atoms with van der Waals surface area (Å²) in [5.74, 6) is 1.92. The lowest BCUT2D eigenvalue weighted by Gasteiger charge is -2.12. The summed E-state index contributed by atoms with van der Waals surface area (Å²) in [4.78, 5) is 4.66. The molecule has 22 heavy (non-hydrogen) atoms. The van der Waals surface area contributed by atoms with Crippen LogP contribution in [0.5, 0.6) is 5.88 Å². The maximum atomic E-state index is 5.47. The second kappa shape index (κ2) is 5.96. The van der Waals surface area contributed by atoms with E-state index in [0.717, 1.165) is 22.7 Å². The van der Waals surface area contributed by atoms with Gasteiger partial charge in [-0.15, -0.1) is 0 Å².